The van der Waals surface area contributed by atoms with Crippen LogP contribution in [0.2, 0.25) is 0 Å². The van der Waals surface area contributed by atoms with Crippen molar-refractivity contribution >= 4 is 27.5 Å². The maximum atomic E-state index is 11.7. The van der Waals surface area contributed by atoms with Crippen molar-refractivity contribution in [1.29, 1.82) is 0 Å². The quantitative estimate of drug-likeness (QED) is 0.656. The summed E-state index contributed by atoms with van der Waals surface area (Å²) in [5, 5.41) is 0. The highest BCUT2D eigenvalue weighted by molar-refractivity contribution is 8.76. The molecular formula is C8H15NO2S2. The molecule has 1 aliphatic rings. The molecule has 0 saturated carbocycles. The monoisotopic (exact) mass is 221 g/mol. The average molecular weight is 221 g/mol. The fourth-order valence-corrected chi connectivity index (χ4v) is 3.08. The SMILES string of the molecule is COC(C)C(=O)N1CCSSCC1. The minimum absolute atomic E-state index is 0.116. The molecule has 1 atom stereocenters. The minimum Gasteiger partial charge on any atom is -0.372 e. The highest BCUT2D eigenvalue weighted by atomic mass is 33.1. The van der Waals surface area contributed by atoms with Crippen molar-refractivity contribution in [3.8, 4) is 0 Å². The number of nitrogens with zero attached hydrogens (tertiary/aromatic N) is 1. The van der Waals surface area contributed by atoms with Gasteiger partial charge in [-0.2, -0.15) is 0 Å². The van der Waals surface area contributed by atoms with Gasteiger partial charge in [0, 0.05) is 31.7 Å². The third-order valence-electron chi connectivity index (χ3n) is 1.99. The molecule has 0 bridgehead atoms. The summed E-state index contributed by atoms with van der Waals surface area (Å²) in [6.07, 6.45) is -0.298. The van der Waals surface area contributed by atoms with E-state index in [4.69, 9.17) is 4.74 Å². The van der Waals surface area contributed by atoms with Crippen LogP contribution in [0.25, 0.3) is 0 Å². The van der Waals surface area contributed by atoms with Crippen LogP contribution in [0.3, 0.4) is 0 Å². The third-order valence-corrected chi connectivity index (χ3v) is 4.35. The molecule has 76 valence electrons. The number of methoxy groups -OCH3 is 1. The van der Waals surface area contributed by atoms with Crippen molar-refractivity contribution in [2.75, 3.05) is 31.7 Å². The number of carbonyl (C=O) groups is 1. The van der Waals surface area contributed by atoms with Crippen molar-refractivity contribution in [1.82, 2.24) is 4.90 Å². The molecule has 1 fully saturated rings. The van der Waals surface area contributed by atoms with E-state index in [-0.39, 0.29) is 12.0 Å². The van der Waals surface area contributed by atoms with Crippen LogP contribution in [0.5, 0.6) is 0 Å². The molecule has 0 spiro atoms. The molecule has 0 N–H and O–H groups in total. The Morgan fingerprint density at radius 1 is 1.38 bits per heavy atom. The van der Waals surface area contributed by atoms with Crippen molar-refractivity contribution in [2.45, 2.75) is 13.0 Å². The maximum Gasteiger partial charge on any atom is 0.251 e. The number of rotatable bonds is 2. The summed E-state index contributed by atoms with van der Waals surface area (Å²) in [4.78, 5) is 13.6. The first-order chi connectivity index (χ1) is 6.25. The Hall–Kier alpha value is 0.130. The number of carbonyl (C=O) groups excluding carboxylic acids is 1. The Morgan fingerprint density at radius 3 is 2.38 bits per heavy atom. The van der Waals surface area contributed by atoms with Gasteiger partial charge in [0.25, 0.3) is 5.91 Å². The summed E-state index contributed by atoms with van der Waals surface area (Å²) in [5.74, 6) is 2.16. The van der Waals surface area contributed by atoms with Gasteiger partial charge in [-0.25, -0.2) is 0 Å². The summed E-state index contributed by atoms with van der Waals surface area (Å²) in [7, 11) is 5.25. The second-order valence-corrected chi connectivity index (χ2v) is 5.55. The smallest absolute Gasteiger partial charge is 0.251 e. The van der Waals surface area contributed by atoms with E-state index in [2.05, 4.69) is 0 Å². The van der Waals surface area contributed by atoms with Gasteiger partial charge in [-0.1, -0.05) is 21.6 Å². The zero-order chi connectivity index (χ0) is 9.68. The van der Waals surface area contributed by atoms with Gasteiger partial charge in [0.2, 0.25) is 0 Å². The molecule has 1 amide bonds. The van der Waals surface area contributed by atoms with Crippen LogP contribution in [0.4, 0.5) is 0 Å². The lowest BCUT2D eigenvalue weighted by atomic mass is 10.3. The zero-order valence-electron chi connectivity index (χ0n) is 7.99. The Labute approximate surface area is 87.0 Å². The van der Waals surface area contributed by atoms with Gasteiger partial charge in [0.1, 0.15) is 6.10 Å². The molecule has 5 heteroatoms. The topological polar surface area (TPSA) is 29.5 Å². The average Bonchev–Trinajstić information content (AvgIpc) is 2.43. The number of ether oxygens (including phenoxy) is 1. The third kappa shape index (κ3) is 3.40. The van der Waals surface area contributed by atoms with Crippen molar-refractivity contribution in [3.05, 3.63) is 0 Å². The van der Waals surface area contributed by atoms with Gasteiger partial charge in [-0.15, -0.1) is 0 Å². The Kier molecular flexibility index (Phi) is 4.98. The fourth-order valence-electron chi connectivity index (χ4n) is 1.10. The lowest BCUT2D eigenvalue weighted by molar-refractivity contribution is -0.140. The lowest BCUT2D eigenvalue weighted by Crippen LogP contribution is -2.40. The standard InChI is InChI=1S/C8H15NO2S2/c1-7(11-2)8(10)9-3-5-12-13-6-4-9/h7H,3-6H2,1-2H3. The molecule has 3 nitrogen and oxygen atoms in total. The highest BCUT2D eigenvalue weighted by Gasteiger charge is 2.20. The Balaban J connectivity index is 2.43. The van der Waals surface area contributed by atoms with Gasteiger partial charge in [-0.05, 0) is 6.92 Å². The normalized spacial score (nSPS) is 20.9. The molecule has 0 aliphatic carbocycles. The maximum absolute atomic E-state index is 11.7. The predicted molar refractivity (Wildman–Crippen MR) is 58.0 cm³/mol. The van der Waals surface area contributed by atoms with E-state index >= 15 is 0 Å². The lowest BCUT2D eigenvalue weighted by Gasteiger charge is -2.22. The second-order valence-electron chi connectivity index (χ2n) is 2.85. The zero-order valence-corrected chi connectivity index (χ0v) is 9.62. The molecule has 13 heavy (non-hydrogen) atoms. The van der Waals surface area contributed by atoms with Gasteiger partial charge < -0.3 is 9.64 Å². The first-order valence-electron chi connectivity index (χ1n) is 4.31. The van der Waals surface area contributed by atoms with Crippen molar-refractivity contribution in [2.24, 2.45) is 0 Å². The van der Waals surface area contributed by atoms with Crippen LogP contribution in [0, 0.1) is 0 Å². The van der Waals surface area contributed by atoms with E-state index in [1.807, 2.05) is 26.5 Å². The van der Waals surface area contributed by atoms with Crippen LogP contribution >= 0.6 is 21.6 Å². The molecule has 1 heterocycles. The van der Waals surface area contributed by atoms with E-state index in [1.54, 1.807) is 14.0 Å². The molecule has 0 aromatic heterocycles. The molecule has 1 aliphatic heterocycles. The molecular weight excluding hydrogens is 206 g/mol. The van der Waals surface area contributed by atoms with E-state index in [0.717, 1.165) is 24.6 Å². The van der Waals surface area contributed by atoms with Crippen LogP contribution in [0.15, 0.2) is 0 Å². The van der Waals surface area contributed by atoms with E-state index < -0.39 is 0 Å². The number of hydrogen-bond donors (Lipinski definition) is 0. The molecule has 1 rings (SSSR count). The fraction of sp³-hybridized carbons (Fsp3) is 0.875. The van der Waals surface area contributed by atoms with E-state index in [1.165, 1.54) is 0 Å². The second kappa shape index (κ2) is 5.78. The summed E-state index contributed by atoms with van der Waals surface area (Å²) >= 11 is 0. The Morgan fingerprint density at radius 2 is 1.92 bits per heavy atom. The molecule has 1 saturated heterocycles. The summed E-state index contributed by atoms with van der Waals surface area (Å²) in [5.41, 5.74) is 0. The first kappa shape index (κ1) is 11.2. The summed E-state index contributed by atoms with van der Waals surface area (Å²) in [6, 6.07) is 0. The highest BCUT2D eigenvalue weighted by Crippen LogP contribution is 2.24. The summed E-state index contributed by atoms with van der Waals surface area (Å²) in [6.45, 7) is 3.50. The molecule has 0 aromatic carbocycles. The van der Waals surface area contributed by atoms with Crippen LogP contribution in [-0.2, 0) is 9.53 Å². The van der Waals surface area contributed by atoms with Crippen LogP contribution < -0.4 is 0 Å². The summed E-state index contributed by atoms with van der Waals surface area (Å²) < 4.78 is 5.00. The van der Waals surface area contributed by atoms with Gasteiger partial charge in [-0.3, -0.25) is 4.79 Å². The van der Waals surface area contributed by atoms with E-state index in [9.17, 15) is 4.79 Å². The minimum atomic E-state index is -0.298. The van der Waals surface area contributed by atoms with Gasteiger partial charge in [0.05, 0.1) is 0 Å². The largest absolute Gasteiger partial charge is 0.372 e. The predicted octanol–water partition coefficient (Wildman–Crippen LogP) is 1.24. The van der Waals surface area contributed by atoms with Crippen molar-refractivity contribution in [3.63, 3.8) is 0 Å². The van der Waals surface area contributed by atoms with Crippen LogP contribution in [0.1, 0.15) is 6.92 Å². The first-order valence-corrected chi connectivity index (χ1v) is 6.80. The Bertz CT molecular complexity index is 170. The molecule has 1 unspecified atom stereocenters. The van der Waals surface area contributed by atoms with E-state index in [0.29, 0.717) is 0 Å². The number of amides is 1. The van der Waals surface area contributed by atoms with Gasteiger partial charge in [0.15, 0.2) is 0 Å². The van der Waals surface area contributed by atoms with Crippen molar-refractivity contribution < 1.29 is 9.53 Å². The van der Waals surface area contributed by atoms with Gasteiger partial charge >= 0.3 is 0 Å². The molecule has 0 radical (unpaired) electrons. The van der Waals surface area contributed by atoms with Crippen LogP contribution in [-0.4, -0.2) is 48.6 Å². The number of hydrogen-bond acceptors (Lipinski definition) is 4. The molecule has 0 aromatic rings.